The third-order valence-electron chi connectivity index (χ3n) is 2.89. The minimum Gasteiger partial charge on any atom is -0.391 e. The first-order valence-corrected chi connectivity index (χ1v) is 6.27. The van der Waals surface area contributed by atoms with Crippen LogP contribution < -0.4 is 5.32 Å². The van der Waals surface area contributed by atoms with Crippen LogP contribution in [0.4, 0.5) is 11.6 Å². The van der Waals surface area contributed by atoms with E-state index in [1.807, 2.05) is 0 Å². The lowest BCUT2D eigenvalue weighted by molar-refractivity contribution is -0.389. The Labute approximate surface area is 107 Å². The van der Waals surface area contributed by atoms with Gasteiger partial charge in [0.15, 0.2) is 0 Å². The Balaban J connectivity index is 2.47. The van der Waals surface area contributed by atoms with Gasteiger partial charge in [-0.1, -0.05) is 11.3 Å². The first-order chi connectivity index (χ1) is 8.33. The Hall–Kier alpha value is -1.67. The third kappa shape index (κ3) is 2.04. The van der Waals surface area contributed by atoms with E-state index in [9.17, 15) is 15.2 Å². The molecule has 0 saturated carbocycles. The van der Waals surface area contributed by atoms with Crippen LogP contribution in [-0.2, 0) is 0 Å². The van der Waals surface area contributed by atoms with Gasteiger partial charge >= 0.3 is 5.82 Å². The quantitative estimate of drug-likeness (QED) is 0.653. The second kappa shape index (κ2) is 4.21. The number of thiazole rings is 1. The van der Waals surface area contributed by atoms with Gasteiger partial charge in [-0.3, -0.25) is 0 Å². The molecule has 98 valence electrons. The number of hydrogen-bond acceptors (Lipinski definition) is 6. The van der Waals surface area contributed by atoms with Crippen molar-refractivity contribution in [3.63, 3.8) is 0 Å². The molecule has 7 nitrogen and oxygen atoms in total. The number of aliphatic hydroxyl groups excluding tert-OH is 1. The predicted octanol–water partition coefficient (Wildman–Crippen LogP) is 1.88. The summed E-state index contributed by atoms with van der Waals surface area (Å²) >= 11 is 1.32. The summed E-state index contributed by atoms with van der Waals surface area (Å²) in [5.41, 5.74) is -0.700. The summed E-state index contributed by atoms with van der Waals surface area (Å²) in [5, 5.41) is 25.4. The van der Waals surface area contributed by atoms with Gasteiger partial charge in [0.1, 0.15) is 6.20 Å². The fourth-order valence-electron chi connectivity index (χ4n) is 1.44. The molecular formula is C10H14N4O3S. The molecule has 0 amide bonds. The Kier molecular flexibility index (Phi) is 2.99. The van der Waals surface area contributed by atoms with Crippen LogP contribution in [-0.4, -0.2) is 31.1 Å². The second-order valence-electron chi connectivity index (χ2n) is 4.62. The van der Waals surface area contributed by atoms with Gasteiger partial charge in [-0.2, -0.15) is 9.38 Å². The number of hydrogen-bond donors (Lipinski definition) is 2. The maximum Gasteiger partial charge on any atom is 0.372 e. The zero-order chi connectivity index (χ0) is 13.5. The number of rotatable bonds is 4. The first kappa shape index (κ1) is 12.8. The van der Waals surface area contributed by atoms with Gasteiger partial charge in [-0.05, 0) is 25.7 Å². The van der Waals surface area contributed by atoms with Crippen LogP contribution in [0, 0.1) is 10.1 Å². The fraction of sp³-hybridized carbons (Fsp3) is 0.500. The van der Waals surface area contributed by atoms with Gasteiger partial charge in [0, 0.05) is 5.38 Å². The van der Waals surface area contributed by atoms with Gasteiger partial charge in [-0.15, -0.1) is 0 Å². The lowest BCUT2D eigenvalue weighted by Crippen LogP contribution is -2.42. The van der Waals surface area contributed by atoms with Crippen molar-refractivity contribution in [1.82, 2.24) is 9.38 Å². The van der Waals surface area contributed by atoms with E-state index in [4.69, 9.17) is 0 Å². The van der Waals surface area contributed by atoms with Crippen LogP contribution in [0.25, 0.3) is 4.96 Å². The minimum absolute atomic E-state index is 0.111. The molecule has 1 unspecified atom stereocenters. The summed E-state index contributed by atoms with van der Waals surface area (Å²) in [5.74, 6) is 0.0673. The van der Waals surface area contributed by atoms with Crippen molar-refractivity contribution in [2.75, 3.05) is 5.32 Å². The number of nitro groups is 1. The highest BCUT2D eigenvalue weighted by Gasteiger charge is 2.31. The van der Waals surface area contributed by atoms with E-state index in [-0.39, 0.29) is 11.6 Å². The Morgan fingerprint density at radius 3 is 2.89 bits per heavy atom. The average Bonchev–Trinajstić information content (AvgIpc) is 2.75. The normalized spacial score (nSPS) is 13.8. The van der Waals surface area contributed by atoms with Crippen LogP contribution in [0.5, 0.6) is 0 Å². The van der Waals surface area contributed by atoms with Gasteiger partial charge in [-0.25, -0.2) is 0 Å². The molecule has 2 heterocycles. The van der Waals surface area contributed by atoms with E-state index in [0.29, 0.717) is 4.96 Å². The maximum absolute atomic E-state index is 11.1. The van der Waals surface area contributed by atoms with Crippen LogP contribution in [0.3, 0.4) is 0 Å². The van der Waals surface area contributed by atoms with Crippen LogP contribution in [0.15, 0.2) is 11.6 Å². The highest BCUT2D eigenvalue weighted by atomic mass is 32.1. The average molecular weight is 270 g/mol. The largest absolute Gasteiger partial charge is 0.391 e. The summed E-state index contributed by atoms with van der Waals surface area (Å²) in [4.78, 5) is 15.3. The molecule has 2 rings (SSSR count). The topological polar surface area (TPSA) is 92.7 Å². The molecule has 0 radical (unpaired) electrons. The van der Waals surface area contributed by atoms with Crippen molar-refractivity contribution < 1.29 is 10.0 Å². The van der Waals surface area contributed by atoms with E-state index >= 15 is 0 Å². The van der Waals surface area contributed by atoms with E-state index in [0.717, 1.165) is 0 Å². The second-order valence-corrected chi connectivity index (χ2v) is 5.49. The van der Waals surface area contributed by atoms with Gasteiger partial charge in [0.25, 0.3) is 4.96 Å². The molecule has 0 spiro atoms. The number of nitrogens with one attached hydrogen (secondary N) is 1. The molecular weight excluding hydrogens is 256 g/mol. The molecule has 0 aliphatic carbocycles. The van der Waals surface area contributed by atoms with E-state index in [1.54, 1.807) is 32.3 Å². The zero-order valence-electron chi connectivity index (χ0n) is 10.2. The molecule has 1 atom stereocenters. The zero-order valence-corrected chi connectivity index (χ0v) is 11.1. The van der Waals surface area contributed by atoms with Crippen molar-refractivity contribution in [1.29, 1.82) is 0 Å². The van der Waals surface area contributed by atoms with Crippen LogP contribution >= 0.6 is 11.3 Å². The van der Waals surface area contributed by atoms with Gasteiger partial charge in [0.2, 0.25) is 5.82 Å². The van der Waals surface area contributed by atoms with Crippen molar-refractivity contribution in [3.8, 4) is 0 Å². The number of aromatic nitrogens is 2. The predicted molar refractivity (Wildman–Crippen MR) is 69.1 cm³/mol. The Morgan fingerprint density at radius 2 is 2.33 bits per heavy atom. The van der Waals surface area contributed by atoms with Crippen molar-refractivity contribution >= 4 is 27.9 Å². The van der Waals surface area contributed by atoms with E-state index in [1.165, 1.54) is 15.7 Å². The van der Waals surface area contributed by atoms with Gasteiger partial charge < -0.3 is 20.5 Å². The fourth-order valence-corrected chi connectivity index (χ4v) is 2.15. The summed E-state index contributed by atoms with van der Waals surface area (Å²) in [6.45, 7) is 5.14. The van der Waals surface area contributed by atoms with E-state index < -0.39 is 16.6 Å². The summed E-state index contributed by atoms with van der Waals surface area (Å²) < 4.78 is 1.42. The molecule has 0 aromatic carbocycles. The van der Waals surface area contributed by atoms with E-state index in [2.05, 4.69) is 10.3 Å². The minimum atomic E-state index is -0.700. The number of aliphatic hydroxyl groups is 1. The first-order valence-electron chi connectivity index (χ1n) is 5.39. The number of fused-ring (bicyclic) bond motifs is 1. The van der Waals surface area contributed by atoms with Crippen LogP contribution in [0.2, 0.25) is 0 Å². The molecule has 18 heavy (non-hydrogen) atoms. The van der Waals surface area contributed by atoms with Gasteiger partial charge in [0.05, 0.1) is 11.6 Å². The smallest absolute Gasteiger partial charge is 0.372 e. The highest BCUT2D eigenvalue weighted by molar-refractivity contribution is 7.15. The van der Waals surface area contributed by atoms with Crippen molar-refractivity contribution in [2.24, 2.45) is 0 Å². The summed E-state index contributed by atoms with van der Waals surface area (Å²) in [6.07, 6.45) is 0.933. The monoisotopic (exact) mass is 270 g/mol. The summed E-state index contributed by atoms with van der Waals surface area (Å²) in [7, 11) is 0. The number of imidazole rings is 1. The number of anilines is 1. The Morgan fingerprint density at radius 1 is 1.67 bits per heavy atom. The molecule has 2 N–H and O–H groups in total. The molecule has 2 aromatic rings. The van der Waals surface area contributed by atoms with Crippen molar-refractivity contribution in [3.05, 3.63) is 21.7 Å². The molecule has 0 aliphatic rings. The molecule has 0 fully saturated rings. The Bertz CT molecular complexity index is 587. The SMILES string of the molecule is CC(O)C(C)(C)Nc1nc2sccn2c1[N+](=O)[O-]. The third-order valence-corrected chi connectivity index (χ3v) is 3.65. The molecule has 0 aliphatic heterocycles. The maximum atomic E-state index is 11.1. The number of nitrogens with zero attached hydrogens (tertiary/aromatic N) is 3. The standard InChI is InChI=1S/C10H14N4O3S/c1-6(15)10(2,3)12-7-8(14(16)17)13-4-5-18-9(13)11-7/h4-6,12,15H,1-3H3. The van der Waals surface area contributed by atoms with Crippen molar-refractivity contribution in [2.45, 2.75) is 32.4 Å². The highest BCUT2D eigenvalue weighted by Crippen LogP contribution is 2.30. The summed E-state index contributed by atoms with van der Waals surface area (Å²) in [6, 6.07) is 0. The molecule has 8 heteroatoms. The lowest BCUT2D eigenvalue weighted by atomic mass is 9.99. The molecule has 0 bridgehead atoms. The lowest BCUT2D eigenvalue weighted by Gasteiger charge is -2.28. The molecule has 0 saturated heterocycles. The van der Waals surface area contributed by atoms with Crippen LogP contribution in [0.1, 0.15) is 20.8 Å². The molecule has 2 aromatic heterocycles.